The van der Waals surface area contributed by atoms with Gasteiger partial charge in [0.2, 0.25) is 0 Å². The molecule has 0 atom stereocenters. The van der Waals surface area contributed by atoms with E-state index in [-0.39, 0.29) is 12.1 Å². The van der Waals surface area contributed by atoms with Gasteiger partial charge in [-0.3, -0.25) is 9.59 Å². The summed E-state index contributed by atoms with van der Waals surface area (Å²) >= 11 is 0. The second kappa shape index (κ2) is 9.67. The van der Waals surface area contributed by atoms with Gasteiger partial charge >= 0.3 is 5.97 Å². The highest BCUT2D eigenvalue weighted by Crippen LogP contribution is 2.25. The molecule has 0 saturated carbocycles. The number of nitriles is 1. The average molecular weight is 435 g/mol. The fourth-order valence-electron chi connectivity index (χ4n) is 3.83. The standard InChI is InChI=1S/C27H21N3O3/c28-16-21(15-22-17-30(18-25(31)32)24-14-8-7-13-23(22)24)27(33)29-26(19-9-3-1-4-10-19)20-11-5-2-6-12-20/h1-15,17,26H,18H2,(H,29,33)(H,31,32). The van der Waals surface area contributed by atoms with Gasteiger partial charge in [-0.05, 0) is 23.3 Å². The number of carboxylic acid groups (broad SMARTS) is 1. The highest BCUT2D eigenvalue weighted by Gasteiger charge is 2.20. The summed E-state index contributed by atoms with van der Waals surface area (Å²) in [4.78, 5) is 24.4. The molecule has 2 N–H and O–H groups in total. The predicted molar refractivity (Wildman–Crippen MR) is 126 cm³/mol. The van der Waals surface area contributed by atoms with Gasteiger partial charge in [0.05, 0.1) is 6.04 Å². The van der Waals surface area contributed by atoms with E-state index in [2.05, 4.69) is 5.32 Å². The molecule has 1 amide bonds. The third-order valence-electron chi connectivity index (χ3n) is 5.33. The van der Waals surface area contributed by atoms with Gasteiger partial charge in [0.25, 0.3) is 5.91 Å². The van der Waals surface area contributed by atoms with Crippen LogP contribution in [-0.4, -0.2) is 21.6 Å². The molecule has 0 aliphatic rings. The van der Waals surface area contributed by atoms with Gasteiger partial charge < -0.3 is 15.0 Å². The largest absolute Gasteiger partial charge is 0.480 e. The number of carbonyl (C=O) groups is 2. The molecule has 4 rings (SSSR count). The van der Waals surface area contributed by atoms with Gasteiger partial charge in [-0.2, -0.15) is 5.26 Å². The zero-order valence-corrected chi connectivity index (χ0v) is 17.7. The van der Waals surface area contributed by atoms with Crippen LogP contribution in [0.1, 0.15) is 22.7 Å². The minimum absolute atomic E-state index is 0.0647. The molecule has 6 heteroatoms. The fraction of sp³-hybridized carbons (Fsp3) is 0.0741. The molecule has 0 spiro atoms. The van der Waals surface area contributed by atoms with Gasteiger partial charge in [0.1, 0.15) is 18.2 Å². The van der Waals surface area contributed by atoms with Crippen molar-refractivity contribution in [1.29, 1.82) is 5.26 Å². The number of hydrogen-bond acceptors (Lipinski definition) is 3. The van der Waals surface area contributed by atoms with Crippen LogP contribution < -0.4 is 5.32 Å². The second-order valence-corrected chi connectivity index (χ2v) is 7.52. The highest BCUT2D eigenvalue weighted by atomic mass is 16.4. The molecule has 0 unspecified atom stereocenters. The molecule has 0 bridgehead atoms. The first-order valence-electron chi connectivity index (χ1n) is 10.4. The molecule has 0 aliphatic carbocycles. The van der Waals surface area contributed by atoms with Gasteiger partial charge in [0.15, 0.2) is 0 Å². The molecule has 1 aromatic heterocycles. The summed E-state index contributed by atoms with van der Waals surface area (Å²) in [5.41, 5.74) is 3.05. The molecular weight excluding hydrogens is 414 g/mol. The zero-order valence-electron chi connectivity index (χ0n) is 17.7. The molecule has 1 heterocycles. The number of aromatic nitrogens is 1. The lowest BCUT2D eigenvalue weighted by molar-refractivity contribution is -0.137. The van der Waals surface area contributed by atoms with E-state index in [0.29, 0.717) is 5.56 Å². The van der Waals surface area contributed by atoms with Crippen LogP contribution in [0.2, 0.25) is 0 Å². The predicted octanol–water partition coefficient (Wildman–Crippen LogP) is 4.54. The first-order valence-corrected chi connectivity index (χ1v) is 10.4. The normalized spacial score (nSPS) is 11.3. The van der Waals surface area contributed by atoms with Crippen LogP contribution in [0.5, 0.6) is 0 Å². The number of benzene rings is 3. The number of para-hydroxylation sites is 1. The second-order valence-electron chi connectivity index (χ2n) is 7.52. The van der Waals surface area contributed by atoms with Crippen LogP contribution >= 0.6 is 0 Å². The number of fused-ring (bicyclic) bond motifs is 1. The number of nitrogens with one attached hydrogen (secondary N) is 1. The number of rotatable bonds is 7. The van der Waals surface area contributed by atoms with E-state index in [1.54, 1.807) is 10.8 Å². The van der Waals surface area contributed by atoms with Crippen LogP contribution in [0.15, 0.2) is 96.7 Å². The Morgan fingerprint density at radius 1 is 0.939 bits per heavy atom. The third kappa shape index (κ3) is 4.83. The average Bonchev–Trinajstić information content (AvgIpc) is 3.18. The molecule has 4 aromatic rings. The first-order chi connectivity index (χ1) is 16.1. The van der Waals surface area contributed by atoms with Crippen molar-refractivity contribution in [2.75, 3.05) is 0 Å². The van der Waals surface area contributed by atoms with Crippen molar-refractivity contribution in [3.8, 4) is 6.07 Å². The fourth-order valence-corrected chi connectivity index (χ4v) is 3.83. The van der Waals surface area contributed by atoms with Crippen molar-refractivity contribution in [2.45, 2.75) is 12.6 Å². The third-order valence-corrected chi connectivity index (χ3v) is 5.33. The van der Waals surface area contributed by atoms with Crippen LogP contribution in [0.4, 0.5) is 0 Å². The van der Waals surface area contributed by atoms with Crippen LogP contribution in [0, 0.1) is 11.3 Å². The highest BCUT2D eigenvalue weighted by molar-refractivity contribution is 6.04. The number of carboxylic acids is 1. The molecule has 3 aromatic carbocycles. The Kier molecular flexibility index (Phi) is 6.33. The lowest BCUT2D eigenvalue weighted by Crippen LogP contribution is -2.30. The Morgan fingerprint density at radius 3 is 2.09 bits per heavy atom. The maximum Gasteiger partial charge on any atom is 0.323 e. The van der Waals surface area contributed by atoms with E-state index in [4.69, 9.17) is 0 Å². The summed E-state index contributed by atoms with van der Waals surface area (Å²) in [6.45, 7) is -0.216. The van der Waals surface area contributed by atoms with Crippen molar-refractivity contribution in [1.82, 2.24) is 9.88 Å². The minimum atomic E-state index is -0.974. The summed E-state index contributed by atoms with van der Waals surface area (Å²) < 4.78 is 1.59. The van der Waals surface area contributed by atoms with Crippen molar-refractivity contribution in [3.63, 3.8) is 0 Å². The minimum Gasteiger partial charge on any atom is -0.480 e. The van der Waals surface area contributed by atoms with Crippen molar-refractivity contribution in [2.24, 2.45) is 0 Å². The van der Waals surface area contributed by atoms with Crippen LogP contribution in [-0.2, 0) is 16.1 Å². The summed E-state index contributed by atoms with van der Waals surface area (Å²) in [5, 5.41) is 22.7. The van der Waals surface area contributed by atoms with Gasteiger partial charge in [0, 0.05) is 22.7 Å². The van der Waals surface area contributed by atoms with E-state index in [9.17, 15) is 20.0 Å². The number of amides is 1. The quantitative estimate of drug-likeness (QED) is 0.329. The van der Waals surface area contributed by atoms with Crippen LogP contribution in [0.3, 0.4) is 0 Å². The molecule has 6 nitrogen and oxygen atoms in total. The summed E-state index contributed by atoms with van der Waals surface area (Å²) in [7, 11) is 0. The van der Waals surface area contributed by atoms with Gasteiger partial charge in [-0.15, -0.1) is 0 Å². The maximum absolute atomic E-state index is 13.2. The lowest BCUT2D eigenvalue weighted by atomic mass is 9.98. The van der Waals surface area contributed by atoms with Crippen LogP contribution in [0.25, 0.3) is 17.0 Å². The van der Waals surface area contributed by atoms with E-state index < -0.39 is 17.9 Å². The monoisotopic (exact) mass is 435 g/mol. The Balaban J connectivity index is 1.70. The lowest BCUT2D eigenvalue weighted by Gasteiger charge is -2.19. The number of aliphatic carboxylic acids is 1. The van der Waals surface area contributed by atoms with Crippen molar-refractivity contribution in [3.05, 3.63) is 113 Å². The van der Waals surface area contributed by atoms with E-state index in [1.807, 2.05) is 91.0 Å². The SMILES string of the molecule is N#CC(=Cc1cn(CC(=O)O)c2ccccc12)C(=O)NC(c1ccccc1)c1ccccc1. The van der Waals surface area contributed by atoms with Gasteiger partial charge in [-0.1, -0.05) is 78.9 Å². The van der Waals surface area contributed by atoms with Crippen molar-refractivity contribution < 1.29 is 14.7 Å². The Hall–Kier alpha value is -4.63. The smallest absolute Gasteiger partial charge is 0.323 e. The molecule has 0 saturated heterocycles. The number of carbonyl (C=O) groups excluding carboxylic acids is 1. The van der Waals surface area contributed by atoms with Gasteiger partial charge in [-0.25, -0.2) is 0 Å². The zero-order chi connectivity index (χ0) is 23.2. The molecular formula is C27H21N3O3. The summed E-state index contributed by atoms with van der Waals surface area (Å²) in [6, 6.07) is 28.0. The summed E-state index contributed by atoms with van der Waals surface area (Å²) in [5.74, 6) is -1.48. The summed E-state index contributed by atoms with van der Waals surface area (Å²) in [6.07, 6.45) is 3.15. The topological polar surface area (TPSA) is 95.1 Å². The van der Waals surface area contributed by atoms with E-state index in [1.165, 1.54) is 6.08 Å². The molecule has 0 aliphatic heterocycles. The van der Waals surface area contributed by atoms with E-state index >= 15 is 0 Å². The Labute approximate surface area is 191 Å². The molecule has 162 valence electrons. The molecule has 0 radical (unpaired) electrons. The molecule has 33 heavy (non-hydrogen) atoms. The molecule has 0 fully saturated rings. The Morgan fingerprint density at radius 2 is 1.52 bits per heavy atom. The maximum atomic E-state index is 13.2. The van der Waals surface area contributed by atoms with Crippen molar-refractivity contribution >= 4 is 28.9 Å². The number of nitrogens with zero attached hydrogens (tertiary/aromatic N) is 2. The Bertz CT molecular complexity index is 1330. The van der Waals surface area contributed by atoms with E-state index in [0.717, 1.165) is 22.0 Å². The number of hydrogen-bond donors (Lipinski definition) is 2. The first kappa shape index (κ1) is 21.6.